The maximum absolute atomic E-state index is 13.6. The summed E-state index contributed by atoms with van der Waals surface area (Å²) < 4.78 is 1.56. The molecule has 0 spiro atoms. The molecule has 6 heteroatoms. The molecule has 0 fully saturated rings. The van der Waals surface area contributed by atoms with Gasteiger partial charge in [0.1, 0.15) is 11.2 Å². The molecule has 3 aromatic carbocycles. The van der Waals surface area contributed by atoms with Gasteiger partial charge in [0.2, 0.25) is 5.91 Å². The van der Waals surface area contributed by atoms with Crippen molar-refractivity contribution in [3.8, 4) is 5.69 Å². The van der Waals surface area contributed by atoms with Crippen molar-refractivity contribution in [3.63, 3.8) is 0 Å². The Hall–Kier alpha value is -4.84. The number of carbonyl (C=O) groups is 1. The van der Waals surface area contributed by atoms with Gasteiger partial charge in [0.25, 0.3) is 5.56 Å². The molecule has 0 aliphatic heterocycles. The van der Waals surface area contributed by atoms with Crippen LogP contribution in [0.15, 0.2) is 108 Å². The first-order valence-corrected chi connectivity index (χ1v) is 13.1. The van der Waals surface area contributed by atoms with Crippen LogP contribution in [0.4, 0.5) is 5.69 Å². The van der Waals surface area contributed by atoms with E-state index in [1.165, 1.54) is 11.6 Å². The van der Waals surface area contributed by atoms with E-state index >= 15 is 0 Å². The molecule has 6 nitrogen and oxygen atoms in total. The first kappa shape index (κ1) is 25.8. The van der Waals surface area contributed by atoms with Crippen LogP contribution in [0.1, 0.15) is 36.2 Å². The van der Waals surface area contributed by atoms with Crippen molar-refractivity contribution in [1.82, 2.24) is 14.5 Å². The van der Waals surface area contributed by atoms with Gasteiger partial charge in [-0.1, -0.05) is 74.5 Å². The molecule has 2 aromatic heterocycles. The Morgan fingerprint density at radius 3 is 2.49 bits per heavy atom. The molecule has 0 saturated heterocycles. The molecule has 2 heterocycles. The molecule has 1 amide bonds. The van der Waals surface area contributed by atoms with Gasteiger partial charge in [0.05, 0.1) is 5.69 Å². The van der Waals surface area contributed by atoms with E-state index in [2.05, 4.69) is 41.3 Å². The number of hydrogen-bond donors (Lipinski definition) is 1. The van der Waals surface area contributed by atoms with Gasteiger partial charge in [-0.25, -0.2) is 9.97 Å². The van der Waals surface area contributed by atoms with E-state index in [9.17, 15) is 9.59 Å². The Bertz CT molecular complexity index is 1690. The number of benzene rings is 3. The molecule has 5 aromatic rings. The van der Waals surface area contributed by atoms with Gasteiger partial charge in [-0.3, -0.25) is 14.2 Å². The van der Waals surface area contributed by atoms with Gasteiger partial charge in [-0.15, -0.1) is 0 Å². The molecule has 0 atom stereocenters. The Morgan fingerprint density at radius 1 is 0.923 bits per heavy atom. The molecule has 39 heavy (non-hydrogen) atoms. The number of carbonyl (C=O) groups excluding carboxylic acids is 1. The number of hydrogen-bond acceptors (Lipinski definition) is 4. The van der Waals surface area contributed by atoms with Crippen molar-refractivity contribution in [2.75, 3.05) is 5.32 Å². The van der Waals surface area contributed by atoms with Crippen molar-refractivity contribution in [2.24, 2.45) is 5.92 Å². The van der Waals surface area contributed by atoms with Crippen LogP contribution in [0.5, 0.6) is 0 Å². The molecule has 194 valence electrons. The molecule has 0 aliphatic rings. The Labute approximate surface area is 227 Å². The van der Waals surface area contributed by atoms with Gasteiger partial charge in [0.15, 0.2) is 5.65 Å². The molecule has 1 N–H and O–H groups in total. The average molecular weight is 515 g/mol. The summed E-state index contributed by atoms with van der Waals surface area (Å²) in [5, 5.41) is 2.90. The Balaban J connectivity index is 1.40. The standard InChI is InChI=1S/C33H30N4O2/c1-23(2)20-26-15-13-24(14-16-26)17-18-31(38)35-27-10-6-11-28(22-27)37-32-29(12-7-19-34-32)36-30(33(37)39)21-25-8-4-3-5-9-25/h3-19,22-23H,20-21H2,1-2H3,(H,35,38). The monoisotopic (exact) mass is 514 g/mol. The third-order valence-electron chi connectivity index (χ3n) is 6.32. The predicted molar refractivity (Wildman–Crippen MR) is 157 cm³/mol. The molecule has 0 saturated carbocycles. The van der Waals surface area contributed by atoms with Gasteiger partial charge in [0, 0.05) is 24.4 Å². The lowest BCUT2D eigenvalue weighted by Gasteiger charge is -2.13. The van der Waals surface area contributed by atoms with Gasteiger partial charge >= 0.3 is 0 Å². The molecule has 0 radical (unpaired) electrons. The van der Waals surface area contributed by atoms with E-state index in [0.717, 1.165) is 17.5 Å². The number of nitrogens with one attached hydrogen (secondary N) is 1. The van der Waals surface area contributed by atoms with Gasteiger partial charge in [-0.05, 0) is 65.4 Å². The van der Waals surface area contributed by atoms with Gasteiger partial charge in [-0.2, -0.15) is 0 Å². The highest BCUT2D eigenvalue weighted by Crippen LogP contribution is 2.19. The molecular weight excluding hydrogens is 484 g/mol. The quantitative estimate of drug-likeness (QED) is 0.249. The molecule has 0 bridgehead atoms. The molecule has 0 aliphatic carbocycles. The number of fused-ring (bicyclic) bond motifs is 1. The zero-order valence-corrected chi connectivity index (χ0v) is 22.0. The Morgan fingerprint density at radius 2 is 1.72 bits per heavy atom. The normalized spacial score (nSPS) is 11.4. The minimum Gasteiger partial charge on any atom is -0.322 e. The van der Waals surface area contributed by atoms with E-state index in [1.54, 1.807) is 41.1 Å². The smallest absolute Gasteiger partial charge is 0.278 e. The average Bonchev–Trinajstić information content (AvgIpc) is 2.93. The predicted octanol–water partition coefficient (Wildman–Crippen LogP) is 6.22. The summed E-state index contributed by atoms with van der Waals surface area (Å²) in [6.45, 7) is 4.39. The number of rotatable bonds is 8. The lowest BCUT2D eigenvalue weighted by molar-refractivity contribution is -0.111. The SMILES string of the molecule is CC(C)Cc1ccc(C=CC(=O)Nc2cccc(-n3c(=O)c(Cc4ccccc4)nc4cccnc43)c2)cc1. The number of nitrogens with zero attached hydrogens (tertiary/aromatic N) is 3. The highest BCUT2D eigenvalue weighted by atomic mass is 16.1. The second-order valence-corrected chi connectivity index (χ2v) is 9.92. The summed E-state index contributed by atoms with van der Waals surface area (Å²) in [4.78, 5) is 35.4. The molecular formula is C33H30N4O2. The van der Waals surface area contributed by atoms with Crippen LogP contribution in [0, 0.1) is 5.92 Å². The summed E-state index contributed by atoms with van der Waals surface area (Å²) in [5.74, 6) is 0.341. The van der Waals surface area contributed by atoms with E-state index in [1.807, 2.05) is 54.6 Å². The second kappa shape index (κ2) is 11.7. The second-order valence-electron chi connectivity index (χ2n) is 9.92. The minimum absolute atomic E-state index is 0.241. The lowest BCUT2D eigenvalue weighted by atomic mass is 10.0. The summed E-state index contributed by atoms with van der Waals surface area (Å²) >= 11 is 0. The van der Waals surface area contributed by atoms with Crippen molar-refractivity contribution in [3.05, 3.63) is 136 Å². The zero-order chi connectivity index (χ0) is 27.2. The fraction of sp³-hybridized carbons (Fsp3) is 0.152. The van der Waals surface area contributed by atoms with Crippen LogP contribution in [0.25, 0.3) is 22.9 Å². The maximum Gasteiger partial charge on any atom is 0.278 e. The highest BCUT2D eigenvalue weighted by Gasteiger charge is 2.14. The fourth-order valence-corrected chi connectivity index (χ4v) is 4.53. The van der Waals surface area contributed by atoms with Crippen LogP contribution < -0.4 is 10.9 Å². The van der Waals surface area contributed by atoms with Crippen molar-refractivity contribution < 1.29 is 4.79 Å². The topological polar surface area (TPSA) is 76.9 Å². The summed E-state index contributed by atoms with van der Waals surface area (Å²) in [6.07, 6.45) is 6.38. The van der Waals surface area contributed by atoms with E-state index < -0.39 is 0 Å². The zero-order valence-electron chi connectivity index (χ0n) is 22.0. The van der Waals surface area contributed by atoms with Crippen LogP contribution in [-0.2, 0) is 17.6 Å². The van der Waals surface area contributed by atoms with Crippen LogP contribution in [0.3, 0.4) is 0 Å². The minimum atomic E-state index is -0.256. The number of amides is 1. The largest absolute Gasteiger partial charge is 0.322 e. The number of anilines is 1. The third kappa shape index (κ3) is 6.36. The lowest BCUT2D eigenvalue weighted by Crippen LogP contribution is -2.25. The first-order valence-electron chi connectivity index (χ1n) is 13.1. The van der Waals surface area contributed by atoms with Gasteiger partial charge < -0.3 is 5.32 Å². The molecule has 5 rings (SSSR count). The fourth-order valence-electron chi connectivity index (χ4n) is 4.53. The van der Waals surface area contributed by atoms with Crippen LogP contribution >= 0.6 is 0 Å². The highest BCUT2D eigenvalue weighted by molar-refractivity contribution is 6.02. The van der Waals surface area contributed by atoms with Crippen LogP contribution in [-0.4, -0.2) is 20.4 Å². The van der Waals surface area contributed by atoms with Crippen LogP contribution in [0.2, 0.25) is 0 Å². The van der Waals surface area contributed by atoms with Crippen molar-refractivity contribution in [1.29, 1.82) is 0 Å². The number of pyridine rings is 1. The number of aromatic nitrogens is 3. The van der Waals surface area contributed by atoms with E-state index in [-0.39, 0.29) is 11.5 Å². The van der Waals surface area contributed by atoms with Crippen molar-refractivity contribution in [2.45, 2.75) is 26.7 Å². The van der Waals surface area contributed by atoms with E-state index in [0.29, 0.717) is 40.6 Å². The molecule has 0 unspecified atom stereocenters. The maximum atomic E-state index is 13.6. The third-order valence-corrected chi connectivity index (χ3v) is 6.32. The van der Waals surface area contributed by atoms with E-state index in [4.69, 9.17) is 0 Å². The van der Waals surface area contributed by atoms with Crippen molar-refractivity contribution >= 4 is 28.8 Å². The summed E-state index contributed by atoms with van der Waals surface area (Å²) in [5.41, 5.74) is 5.69. The summed E-state index contributed by atoms with van der Waals surface area (Å²) in [6, 6.07) is 28.8. The summed E-state index contributed by atoms with van der Waals surface area (Å²) in [7, 11) is 0. The Kier molecular flexibility index (Phi) is 7.73. The first-order chi connectivity index (χ1) is 19.0.